The third-order valence-corrected chi connectivity index (χ3v) is 4.59. The molecule has 21 heavy (non-hydrogen) atoms. The van der Waals surface area contributed by atoms with E-state index in [2.05, 4.69) is 5.32 Å². The number of nitrogens with two attached hydrogens (primary N) is 1. The Morgan fingerprint density at radius 3 is 2.67 bits per heavy atom. The lowest BCUT2D eigenvalue weighted by Crippen LogP contribution is -2.36. The van der Waals surface area contributed by atoms with Crippen LogP contribution in [-0.4, -0.2) is 17.0 Å². The second-order valence-corrected chi connectivity index (χ2v) is 6.31. The van der Waals surface area contributed by atoms with E-state index in [0.29, 0.717) is 18.7 Å². The van der Waals surface area contributed by atoms with Crippen LogP contribution in [0, 0.1) is 12.3 Å². The largest absolute Gasteiger partial charge is 0.330 e. The van der Waals surface area contributed by atoms with Crippen molar-refractivity contribution in [3.8, 4) is 0 Å². The summed E-state index contributed by atoms with van der Waals surface area (Å²) < 4.78 is 1.47. The van der Waals surface area contributed by atoms with Crippen molar-refractivity contribution in [2.24, 2.45) is 18.2 Å². The molecule has 0 aromatic carbocycles. The molecule has 0 unspecified atom stereocenters. The van der Waals surface area contributed by atoms with Gasteiger partial charge in [-0.1, -0.05) is 19.3 Å². The Kier molecular flexibility index (Phi) is 4.83. The van der Waals surface area contributed by atoms with E-state index in [1.165, 1.54) is 17.1 Å². The molecule has 0 atom stereocenters. The molecule has 0 spiro atoms. The highest BCUT2D eigenvalue weighted by Gasteiger charge is 2.33. The summed E-state index contributed by atoms with van der Waals surface area (Å²) in [6.45, 7) is 2.39. The SMILES string of the molecule is Cc1cc(=O)n(C)cc1NC(=O)CC1(CN)CCCCC1. The first kappa shape index (κ1) is 15.8. The maximum atomic E-state index is 12.3. The number of amides is 1. The van der Waals surface area contributed by atoms with Crippen LogP contribution < -0.4 is 16.6 Å². The Hall–Kier alpha value is -1.62. The normalized spacial score (nSPS) is 17.5. The monoisotopic (exact) mass is 291 g/mol. The van der Waals surface area contributed by atoms with Gasteiger partial charge in [0.05, 0.1) is 5.69 Å². The van der Waals surface area contributed by atoms with Crippen LogP contribution in [0.4, 0.5) is 5.69 Å². The van der Waals surface area contributed by atoms with E-state index >= 15 is 0 Å². The maximum Gasteiger partial charge on any atom is 0.250 e. The number of hydrogen-bond donors (Lipinski definition) is 2. The van der Waals surface area contributed by atoms with Crippen LogP contribution in [0.1, 0.15) is 44.1 Å². The molecular formula is C16H25N3O2. The molecule has 1 heterocycles. The van der Waals surface area contributed by atoms with Crippen molar-refractivity contribution in [1.82, 2.24) is 4.57 Å². The number of carbonyl (C=O) groups is 1. The van der Waals surface area contributed by atoms with Crippen LogP contribution >= 0.6 is 0 Å². The molecule has 1 aliphatic carbocycles. The van der Waals surface area contributed by atoms with Gasteiger partial charge in [-0.05, 0) is 37.3 Å². The zero-order valence-electron chi connectivity index (χ0n) is 12.9. The number of nitrogens with one attached hydrogen (secondary N) is 1. The molecule has 0 bridgehead atoms. The van der Waals surface area contributed by atoms with Gasteiger partial charge >= 0.3 is 0 Å². The molecule has 0 saturated heterocycles. The number of carbonyl (C=O) groups excluding carboxylic acids is 1. The quantitative estimate of drug-likeness (QED) is 0.890. The fourth-order valence-electron chi connectivity index (χ4n) is 3.14. The van der Waals surface area contributed by atoms with Crippen LogP contribution in [0.25, 0.3) is 0 Å². The average molecular weight is 291 g/mol. The highest BCUT2D eigenvalue weighted by Crippen LogP contribution is 2.38. The van der Waals surface area contributed by atoms with Gasteiger partial charge in [0.25, 0.3) is 5.56 Å². The smallest absolute Gasteiger partial charge is 0.250 e. The second-order valence-electron chi connectivity index (χ2n) is 6.31. The molecule has 1 fully saturated rings. The fourth-order valence-corrected chi connectivity index (χ4v) is 3.14. The van der Waals surface area contributed by atoms with E-state index in [4.69, 9.17) is 5.73 Å². The van der Waals surface area contributed by atoms with E-state index < -0.39 is 0 Å². The van der Waals surface area contributed by atoms with Gasteiger partial charge in [-0.15, -0.1) is 0 Å². The standard InChI is InChI=1S/C16H25N3O2/c1-12-8-15(21)19(2)10-13(12)18-14(20)9-16(11-17)6-4-3-5-7-16/h8,10H,3-7,9,11,17H2,1-2H3,(H,18,20). The van der Waals surface area contributed by atoms with Crippen LogP contribution in [0.5, 0.6) is 0 Å². The first-order valence-corrected chi connectivity index (χ1v) is 7.63. The molecule has 116 valence electrons. The van der Waals surface area contributed by atoms with Crippen molar-refractivity contribution in [3.63, 3.8) is 0 Å². The number of aromatic nitrogens is 1. The molecule has 2 rings (SSSR count). The van der Waals surface area contributed by atoms with Crippen molar-refractivity contribution < 1.29 is 4.79 Å². The van der Waals surface area contributed by atoms with Crippen molar-refractivity contribution in [1.29, 1.82) is 0 Å². The second kappa shape index (κ2) is 6.43. The summed E-state index contributed by atoms with van der Waals surface area (Å²) in [5, 5.41) is 2.93. The third kappa shape index (κ3) is 3.73. The molecule has 0 aliphatic heterocycles. The van der Waals surface area contributed by atoms with Gasteiger partial charge in [-0.2, -0.15) is 0 Å². The summed E-state index contributed by atoms with van der Waals surface area (Å²) in [5.74, 6) is -0.0101. The fraction of sp³-hybridized carbons (Fsp3) is 0.625. The van der Waals surface area contributed by atoms with E-state index in [-0.39, 0.29) is 16.9 Å². The lowest BCUT2D eigenvalue weighted by molar-refractivity contribution is -0.118. The van der Waals surface area contributed by atoms with E-state index in [1.54, 1.807) is 13.2 Å². The van der Waals surface area contributed by atoms with Crippen LogP contribution in [-0.2, 0) is 11.8 Å². The first-order chi connectivity index (χ1) is 9.96. The summed E-state index contributed by atoms with van der Waals surface area (Å²) in [6.07, 6.45) is 7.75. The third-order valence-electron chi connectivity index (χ3n) is 4.59. The van der Waals surface area contributed by atoms with Crippen LogP contribution in [0.15, 0.2) is 17.1 Å². The minimum absolute atomic E-state index is 0.0101. The van der Waals surface area contributed by atoms with E-state index in [1.807, 2.05) is 6.92 Å². The Bertz CT molecular complexity index is 571. The summed E-state index contributed by atoms with van der Waals surface area (Å²) >= 11 is 0. The molecule has 1 aromatic rings. The number of pyridine rings is 1. The molecule has 3 N–H and O–H groups in total. The van der Waals surface area contributed by atoms with Gasteiger partial charge in [-0.25, -0.2) is 0 Å². The van der Waals surface area contributed by atoms with Crippen molar-refractivity contribution in [2.75, 3.05) is 11.9 Å². The Balaban J connectivity index is 2.07. The van der Waals surface area contributed by atoms with Gasteiger partial charge in [0.15, 0.2) is 0 Å². The minimum atomic E-state index is -0.0730. The van der Waals surface area contributed by atoms with E-state index in [9.17, 15) is 9.59 Å². The van der Waals surface area contributed by atoms with Gasteiger partial charge in [-0.3, -0.25) is 9.59 Å². The Labute approximate surface area is 125 Å². The topological polar surface area (TPSA) is 77.1 Å². The summed E-state index contributed by atoms with van der Waals surface area (Å²) in [7, 11) is 1.68. The molecule has 1 aromatic heterocycles. The van der Waals surface area contributed by atoms with Gasteiger partial charge in [0.1, 0.15) is 0 Å². The zero-order chi connectivity index (χ0) is 15.5. The summed E-state index contributed by atoms with van der Waals surface area (Å²) in [4.78, 5) is 23.9. The highest BCUT2D eigenvalue weighted by atomic mass is 16.1. The van der Waals surface area contributed by atoms with Gasteiger partial charge < -0.3 is 15.6 Å². The molecule has 0 radical (unpaired) electrons. The van der Waals surface area contributed by atoms with Gasteiger partial charge in [0.2, 0.25) is 5.91 Å². The lowest BCUT2D eigenvalue weighted by Gasteiger charge is -2.35. The van der Waals surface area contributed by atoms with Crippen molar-refractivity contribution in [2.45, 2.75) is 45.4 Å². The predicted octanol–water partition coefficient (Wildman–Crippen LogP) is 1.93. The van der Waals surface area contributed by atoms with Crippen LogP contribution in [0.3, 0.4) is 0 Å². The highest BCUT2D eigenvalue weighted by molar-refractivity contribution is 5.91. The summed E-state index contributed by atoms with van der Waals surface area (Å²) in [5.41, 5.74) is 7.30. The summed E-state index contributed by atoms with van der Waals surface area (Å²) in [6, 6.07) is 1.54. The minimum Gasteiger partial charge on any atom is -0.330 e. The first-order valence-electron chi connectivity index (χ1n) is 7.63. The number of anilines is 1. The molecule has 1 saturated carbocycles. The molecule has 5 heteroatoms. The Morgan fingerprint density at radius 2 is 2.05 bits per heavy atom. The number of nitrogens with zero attached hydrogens (tertiary/aromatic N) is 1. The maximum absolute atomic E-state index is 12.3. The molecule has 1 amide bonds. The zero-order valence-corrected chi connectivity index (χ0v) is 12.9. The van der Waals surface area contributed by atoms with Crippen LogP contribution in [0.2, 0.25) is 0 Å². The van der Waals surface area contributed by atoms with E-state index in [0.717, 1.165) is 31.2 Å². The number of aryl methyl sites for hydroxylation is 2. The van der Waals surface area contributed by atoms with Gasteiger partial charge in [0, 0.05) is 25.7 Å². The van der Waals surface area contributed by atoms with Crippen molar-refractivity contribution >= 4 is 11.6 Å². The molecule has 5 nitrogen and oxygen atoms in total. The molecule has 1 aliphatic rings. The number of hydrogen-bond acceptors (Lipinski definition) is 3. The Morgan fingerprint density at radius 1 is 1.38 bits per heavy atom. The number of rotatable bonds is 4. The molecular weight excluding hydrogens is 266 g/mol. The lowest BCUT2D eigenvalue weighted by atomic mass is 9.71. The average Bonchev–Trinajstić information content (AvgIpc) is 2.45. The predicted molar refractivity (Wildman–Crippen MR) is 84.2 cm³/mol. The van der Waals surface area contributed by atoms with Crippen molar-refractivity contribution in [3.05, 3.63) is 28.2 Å².